The number of carboxylic acids is 1. The molecular weight excluding hydrogens is 473 g/mol. The lowest BCUT2D eigenvalue weighted by Gasteiger charge is -2.14. The maximum Gasteiger partial charge on any atom is 0.311 e. The average Bonchev–Trinajstić information content (AvgIpc) is 3.21. The van der Waals surface area contributed by atoms with Gasteiger partial charge in [0.1, 0.15) is 11.6 Å². The maximum absolute atomic E-state index is 14.7. The number of benzene rings is 3. The van der Waals surface area contributed by atoms with Gasteiger partial charge < -0.3 is 15.2 Å². The van der Waals surface area contributed by atoms with Gasteiger partial charge in [0, 0.05) is 10.9 Å². The van der Waals surface area contributed by atoms with Gasteiger partial charge in [0.25, 0.3) is 5.91 Å². The zero-order chi connectivity index (χ0) is 25.1. The van der Waals surface area contributed by atoms with Crippen molar-refractivity contribution in [3.63, 3.8) is 0 Å². The van der Waals surface area contributed by atoms with Gasteiger partial charge in [-0.2, -0.15) is 5.10 Å². The van der Waals surface area contributed by atoms with Crippen molar-refractivity contribution in [1.82, 2.24) is 9.78 Å². The number of hydrogen-bond acceptors (Lipinski definition) is 4. The zero-order valence-corrected chi connectivity index (χ0v) is 19.8. The predicted octanol–water partition coefficient (Wildman–Crippen LogP) is 5.72. The minimum absolute atomic E-state index is 0.0304. The summed E-state index contributed by atoms with van der Waals surface area (Å²) >= 11 is 6.28. The molecule has 0 radical (unpaired) electrons. The minimum Gasteiger partial charge on any atom is -0.497 e. The number of methoxy groups -OCH3 is 1. The molecule has 4 aromatic rings. The lowest BCUT2D eigenvalue weighted by Crippen LogP contribution is -2.16. The number of para-hydroxylation sites is 1. The first-order valence-electron chi connectivity index (χ1n) is 10.9. The van der Waals surface area contributed by atoms with Crippen LogP contribution in [0.25, 0.3) is 10.9 Å². The van der Waals surface area contributed by atoms with Crippen LogP contribution in [0.15, 0.2) is 60.7 Å². The number of aromatic nitrogens is 2. The Balaban J connectivity index is 1.64. The number of nitrogens with one attached hydrogen (secondary N) is 1. The van der Waals surface area contributed by atoms with E-state index in [9.17, 15) is 19.1 Å². The molecule has 0 aliphatic carbocycles. The summed E-state index contributed by atoms with van der Waals surface area (Å²) in [7, 11) is 1.60. The fraction of sp³-hybridized carbons (Fsp3) is 0.192. The van der Waals surface area contributed by atoms with Crippen molar-refractivity contribution in [1.29, 1.82) is 0 Å². The summed E-state index contributed by atoms with van der Waals surface area (Å²) in [4.78, 5) is 24.6. The number of amides is 1. The van der Waals surface area contributed by atoms with Crippen LogP contribution in [0.3, 0.4) is 0 Å². The van der Waals surface area contributed by atoms with Crippen molar-refractivity contribution < 1.29 is 23.8 Å². The fourth-order valence-electron chi connectivity index (χ4n) is 3.95. The Bertz CT molecular complexity index is 1400. The van der Waals surface area contributed by atoms with Crippen molar-refractivity contribution in [2.75, 3.05) is 12.4 Å². The number of hydrogen-bond donors (Lipinski definition) is 2. The van der Waals surface area contributed by atoms with Gasteiger partial charge in [-0.15, -0.1) is 0 Å². The molecule has 4 rings (SSSR count). The van der Waals surface area contributed by atoms with Crippen LogP contribution in [0.4, 0.5) is 10.1 Å². The van der Waals surface area contributed by atoms with E-state index >= 15 is 0 Å². The molecule has 0 fully saturated rings. The van der Waals surface area contributed by atoms with Crippen molar-refractivity contribution in [2.24, 2.45) is 0 Å². The Labute approximate surface area is 206 Å². The Morgan fingerprint density at radius 1 is 1.17 bits per heavy atom. The second-order valence-electron chi connectivity index (χ2n) is 7.98. The molecule has 1 amide bonds. The molecule has 2 N–H and O–H groups in total. The number of aliphatic carboxylic acids is 1. The molecule has 35 heavy (non-hydrogen) atoms. The Kier molecular flexibility index (Phi) is 7.02. The Hall–Kier alpha value is -3.91. The molecule has 180 valence electrons. The molecule has 0 spiro atoms. The van der Waals surface area contributed by atoms with Crippen LogP contribution in [-0.4, -0.2) is 33.9 Å². The second kappa shape index (κ2) is 10.1. The molecule has 1 aromatic heterocycles. The monoisotopic (exact) mass is 495 g/mol. The normalized spacial score (nSPS) is 11.9. The van der Waals surface area contributed by atoms with E-state index < -0.39 is 23.6 Å². The topological polar surface area (TPSA) is 93.5 Å². The third-order valence-electron chi connectivity index (χ3n) is 5.78. The van der Waals surface area contributed by atoms with E-state index in [1.165, 1.54) is 6.07 Å². The minimum atomic E-state index is -1.15. The molecule has 0 aliphatic heterocycles. The molecule has 0 saturated heterocycles. The van der Waals surface area contributed by atoms with Crippen LogP contribution >= 0.6 is 11.6 Å². The summed E-state index contributed by atoms with van der Waals surface area (Å²) in [5.74, 6) is -2.76. The average molecular weight is 496 g/mol. The van der Waals surface area contributed by atoms with E-state index in [0.717, 1.165) is 22.9 Å². The van der Waals surface area contributed by atoms with Crippen LogP contribution in [-0.2, 0) is 11.3 Å². The van der Waals surface area contributed by atoms with Crippen molar-refractivity contribution in [3.8, 4) is 5.75 Å². The number of carbonyl (C=O) groups excluding carboxylic acids is 1. The predicted molar refractivity (Wildman–Crippen MR) is 132 cm³/mol. The quantitative estimate of drug-likeness (QED) is 0.326. The van der Waals surface area contributed by atoms with E-state index in [2.05, 4.69) is 10.4 Å². The summed E-state index contributed by atoms with van der Waals surface area (Å²) in [6, 6.07) is 17.1. The number of rotatable bonds is 8. The first-order chi connectivity index (χ1) is 16.8. The van der Waals surface area contributed by atoms with E-state index in [4.69, 9.17) is 16.3 Å². The summed E-state index contributed by atoms with van der Waals surface area (Å²) in [5, 5.41) is 17.1. The molecule has 0 bridgehead atoms. The molecule has 3 aromatic carbocycles. The summed E-state index contributed by atoms with van der Waals surface area (Å²) in [5.41, 5.74) is 1.89. The third kappa shape index (κ3) is 4.97. The lowest BCUT2D eigenvalue weighted by molar-refractivity contribution is -0.138. The third-order valence-corrected chi connectivity index (χ3v) is 6.09. The highest BCUT2D eigenvalue weighted by molar-refractivity contribution is 6.34. The molecule has 0 saturated carbocycles. The number of carbonyl (C=O) groups is 2. The maximum atomic E-state index is 14.7. The second-order valence-corrected chi connectivity index (χ2v) is 8.39. The van der Waals surface area contributed by atoms with Gasteiger partial charge in [-0.3, -0.25) is 14.3 Å². The lowest BCUT2D eigenvalue weighted by atomic mass is 9.96. The van der Waals surface area contributed by atoms with Crippen LogP contribution in [0.1, 0.15) is 40.9 Å². The zero-order valence-electron chi connectivity index (χ0n) is 19.1. The van der Waals surface area contributed by atoms with Gasteiger partial charge in [0.2, 0.25) is 0 Å². The number of ether oxygens (including phenoxy) is 1. The van der Waals surface area contributed by atoms with Crippen LogP contribution in [0.2, 0.25) is 5.02 Å². The Morgan fingerprint density at radius 3 is 2.54 bits per heavy atom. The van der Waals surface area contributed by atoms with Gasteiger partial charge in [-0.05, 0) is 42.3 Å². The number of carboxylic acid groups (broad SMARTS) is 1. The number of fused-ring (bicyclic) bond motifs is 1. The molecule has 1 heterocycles. The first-order valence-corrected chi connectivity index (χ1v) is 11.3. The smallest absolute Gasteiger partial charge is 0.311 e. The van der Waals surface area contributed by atoms with E-state index in [-0.39, 0.29) is 28.4 Å². The molecule has 9 heteroatoms. The Morgan fingerprint density at radius 2 is 1.89 bits per heavy atom. The van der Waals surface area contributed by atoms with E-state index in [1.807, 2.05) is 36.4 Å². The first kappa shape index (κ1) is 24.2. The molecule has 1 atom stereocenters. The van der Waals surface area contributed by atoms with Gasteiger partial charge in [0.15, 0.2) is 5.69 Å². The van der Waals surface area contributed by atoms with Crippen LogP contribution in [0, 0.1) is 5.82 Å². The summed E-state index contributed by atoms with van der Waals surface area (Å²) in [6.45, 7) is 2.07. The van der Waals surface area contributed by atoms with Crippen molar-refractivity contribution in [3.05, 3.63) is 88.3 Å². The van der Waals surface area contributed by atoms with Gasteiger partial charge in [0.05, 0.1) is 35.8 Å². The van der Waals surface area contributed by atoms with E-state index in [0.29, 0.717) is 11.9 Å². The highest BCUT2D eigenvalue weighted by Gasteiger charge is 2.24. The van der Waals surface area contributed by atoms with Crippen LogP contribution in [0.5, 0.6) is 5.75 Å². The molecule has 1 unspecified atom stereocenters. The molecule has 0 aliphatic rings. The SMILES string of the molecule is CCC(C(=O)O)c1cc(Cl)c(NC(=O)c2nn(Cc3ccc(OC)cc3)c3ccccc23)cc1F. The van der Waals surface area contributed by atoms with Crippen LogP contribution < -0.4 is 10.1 Å². The largest absolute Gasteiger partial charge is 0.497 e. The highest BCUT2D eigenvalue weighted by atomic mass is 35.5. The standard InChI is InChI=1S/C26H23ClFN3O4/c1-3-17(26(33)34)19-12-20(27)22(13-21(19)28)29-25(32)24-18-6-4-5-7-23(18)31(30-24)14-15-8-10-16(35-2)11-9-15/h4-13,17H,3,14H2,1-2H3,(H,29,32)(H,33,34). The number of nitrogens with zero attached hydrogens (tertiary/aromatic N) is 2. The van der Waals surface area contributed by atoms with Gasteiger partial charge in [-0.25, -0.2) is 4.39 Å². The summed E-state index contributed by atoms with van der Waals surface area (Å²) < 4.78 is 21.6. The van der Waals surface area contributed by atoms with E-state index in [1.54, 1.807) is 30.8 Å². The fourth-order valence-corrected chi connectivity index (χ4v) is 4.17. The number of anilines is 1. The summed E-state index contributed by atoms with van der Waals surface area (Å²) in [6.07, 6.45) is 0.200. The van der Waals surface area contributed by atoms with Gasteiger partial charge in [-0.1, -0.05) is 48.9 Å². The number of halogens is 2. The molecular formula is C26H23ClFN3O4. The highest BCUT2D eigenvalue weighted by Crippen LogP contribution is 2.32. The van der Waals surface area contributed by atoms with Crippen molar-refractivity contribution in [2.45, 2.75) is 25.8 Å². The molecule has 7 nitrogen and oxygen atoms in total. The van der Waals surface area contributed by atoms with Gasteiger partial charge >= 0.3 is 5.97 Å². The van der Waals surface area contributed by atoms with Crippen molar-refractivity contribution >= 4 is 40.1 Å².